The van der Waals surface area contributed by atoms with E-state index in [9.17, 15) is 33.9 Å². The molecule has 0 aromatic heterocycles. The molecule has 1 heterocycles. The number of aliphatic hydroxyl groups is 1. The lowest BCUT2D eigenvalue weighted by molar-refractivity contribution is -0.157. The summed E-state index contributed by atoms with van der Waals surface area (Å²) in [5.74, 6) is -9.74. The highest BCUT2D eigenvalue weighted by Crippen LogP contribution is 2.28. The molecular formula is C69H117N11O12. The Morgan fingerprint density at radius 2 is 0.902 bits per heavy atom. The van der Waals surface area contributed by atoms with Crippen LogP contribution in [-0.4, -0.2) is 232 Å². The fraction of sp³-hybridized carbons (Fsp3) is 0.725. The molecule has 520 valence electrons. The highest BCUT2D eigenvalue weighted by molar-refractivity contribution is 5.99. The van der Waals surface area contributed by atoms with Gasteiger partial charge < -0.3 is 60.3 Å². The van der Waals surface area contributed by atoms with E-state index < -0.39 is 156 Å². The molecule has 1 aliphatic heterocycles. The molecule has 0 bridgehead atoms. The van der Waals surface area contributed by atoms with Crippen LogP contribution in [0, 0.1) is 41.4 Å². The number of nitrogens with zero attached hydrogens (tertiary/aromatic N) is 8. The topological polar surface area (TPSA) is 270 Å². The minimum atomic E-state index is -1.62. The Hall–Kier alpha value is -6.91. The van der Waals surface area contributed by atoms with E-state index in [1.807, 2.05) is 79.7 Å². The predicted octanol–water partition coefficient (Wildman–Crippen LogP) is 5.18. The van der Waals surface area contributed by atoms with Gasteiger partial charge >= 0.3 is 0 Å². The van der Waals surface area contributed by atoms with Gasteiger partial charge in [0.15, 0.2) is 0 Å². The summed E-state index contributed by atoms with van der Waals surface area (Å²) in [5, 5.41) is 20.4. The van der Waals surface area contributed by atoms with E-state index >= 15 is 24.0 Å². The van der Waals surface area contributed by atoms with Gasteiger partial charge in [0.05, 0.1) is 12.6 Å². The summed E-state index contributed by atoms with van der Waals surface area (Å²) >= 11 is 0. The van der Waals surface area contributed by atoms with Gasteiger partial charge in [0.25, 0.3) is 0 Å². The molecule has 11 amide bonds. The van der Waals surface area contributed by atoms with Crippen LogP contribution in [-0.2, 0) is 59.3 Å². The van der Waals surface area contributed by atoms with Crippen LogP contribution in [0.1, 0.15) is 162 Å². The number of likely N-dealkylation sites (N-methyl/N-ethyl adjacent to an activating group) is 7. The molecule has 1 fully saturated rings. The maximum absolute atomic E-state index is 15.6. The molecule has 0 saturated carbocycles. The van der Waals surface area contributed by atoms with Gasteiger partial charge in [-0.3, -0.25) is 52.7 Å². The van der Waals surface area contributed by atoms with Crippen molar-refractivity contribution in [3.8, 4) is 0 Å². The zero-order chi connectivity index (χ0) is 70.7. The first-order valence-corrected chi connectivity index (χ1v) is 33.1. The summed E-state index contributed by atoms with van der Waals surface area (Å²) in [7, 11) is 10.0. The lowest BCUT2D eigenvalue weighted by Crippen LogP contribution is -2.63. The zero-order valence-corrected chi connectivity index (χ0v) is 60.1. The van der Waals surface area contributed by atoms with Gasteiger partial charge in [-0.2, -0.15) is 0 Å². The minimum absolute atomic E-state index is 0.0135. The second kappa shape index (κ2) is 37.1. The Balaban J connectivity index is 3.10. The van der Waals surface area contributed by atoms with Gasteiger partial charge in [-0.1, -0.05) is 139 Å². The summed E-state index contributed by atoms with van der Waals surface area (Å²) in [6.07, 6.45) is 2.99. The smallest absolute Gasteiger partial charge is 0.246 e. The van der Waals surface area contributed by atoms with Crippen molar-refractivity contribution in [1.29, 1.82) is 0 Å². The van der Waals surface area contributed by atoms with E-state index in [1.165, 1.54) is 92.6 Å². The van der Waals surface area contributed by atoms with Crippen LogP contribution >= 0.6 is 0 Å². The van der Waals surface area contributed by atoms with Crippen molar-refractivity contribution < 1.29 is 57.8 Å². The summed E-state index contributed by atoms with van der Waals surface area (Å²) in [5.41, 5.74) is 0.676. The fourth-order valence-corrected chi connectivity index (χ4v) is 12.0. The minimum Gasteiger partial charge on any atom is -0.390 e. The summed E-state index contributed by atoms with van der Waals surface area (Å²) < 4.78 is 0. The second-order valence-corrected chi connectivity index (χ2v) is 28.0. The molecule has 1 saturated heterocycles. The maximum atomic E-state index is 15.6. The first-order valence-electron chi connectivity index (χ1n) is 33.1. The molecule has 92 heavy (non-hydrogen) atoms. The predicted molar refractivity (Wildman–Crippen MR) is 357 cm³/mol. The van der Waals surface area contributed by atoms with Crippen molar-refractivity contribution in [2.24, 2.45) is 41.4 Å². The van der Waals surface area contributed by atoms with Crippen molar-refractivity contribution in [1.82, 2.24) is 55.1 Å². The highest BCUT2D eigenvalue weighted by Gasteiger charge is 2.47. The third-order valence-electron chi connectivity index (χ3n) is 17.5. The molecule has 23 nitrogen and oxygen atoms in total. The third-order valence-corrected chi connectivity index (χ3v) is 17.5. The number of hydrogen-bond donors (Lipinski definition) is 4. The number of benzene rings is 1. The molecular weight excluding hydrogens is 1170 g/mol. The number of carbonyl (C=O) groups is 11. The molecule has 0 aliphatic carbocycles. The van der Waals surface area contributed by atoms with E-state index in [4.69, 9.17) is 0 Å². The molecule has 0 spiro atoms. The third kappa shape index (κ3) is 22.1. The number of allylic oxidation sites excluding steroid dienone is 2. The van der Waals surface area contributed by atoms with Crippen molar-refractivity contribution in [3.05, 3.63) is 48.0 Å². The van der Waals surface area contributed by atoms with E-state index in [2.05, 4.69) is 16.0 Å². The van der Waals surface area contributed by atoms with Crippen molar-refractivity contribution in [3.63, 3.8) is 0 Å². The van der Waals surface area contributed by atoms with Crippen LogP contribution in [0.25, 0.3) is 0 Å². The fourth-order valence-electron chi connectivity index (χ4n) is 12.0. The first kappa shape index (κ1) is 81.2. The molecule has 2 rings (SSSR count). The molecule has 23 heteroatoms. The Labute approximate surface area is 550 Å². The van der Waals surface area contributed by atoms with Crippen molar-refractivity contribution in [2.75, 3.05) is 55.9 Å². The van der Waals surface area contributed by atoms with Crippen LogP contribution in [0.4, 0.5) is 0 Å². The molecule has 4 N–H and O–H groups in total. The van der Waals surface area contributed by atoms with Crippen LogP contribution < -0.4 is 16.0 Å². The SMILES string of the molecule is C/C=C/C[C@@H](C)[C@H](O)C1C(=O)NC(CC)C(=O)N(C)CC(=O)N(C)[C@@H](CC(C)C)C(=O)N(Cc2ccccc2)[C@@H](C(C)C)C(=O)N(C)[C@@H](CC(C)C)C(=O)N[C@@H](C)C(=O)N[C@H](C)C(=O)N(C)[C@@H](CC(C)C)C(=O)N(C)[C@@H](CC(C)C)C(=O)N(C)[C@@H](C(C)C)C(=O)N1C. The average molecular weight is 1290 g/mol. The van der Waals surface area contributed by atoms with Crippen LogP contribution in [0.2, 0.25) is 0 Å². The molecule has 2 unspecified atom stereocenters. The number of rotatable bonds is 17. The van der Waals surface area contributed by atoms with Crippen molar-refractivity contribution >= 4 is 65.0 Å². The monoisotopic (exact) mass is 1290 g/mol. The van der Waals surface area contributed by atoms with Crippen LogP contribution in [0.15, 0.2) is 42.5 Å². The Kier molecular flexibility index (Phi) is 32.7. The Morgan fingerprint density at radius 1 is 0.478 bits per heavy atom. The summed E-state index contributed by atoms with van der Waals surface area (Å²) in [6.45, 7) is 29.5. The summed E-state index contributed by atoms with van der Waals surface area (Å²) in [6, 6.07) is -3.48. The molecule has 1 aromatic rings. The highest BCUT2D eigenvalue weighted by atomic mass is 16.3. The number of hydrogen-bond acceptors (Lipinski definition) is 12. The normalized spacial score (nSPS) is 25.8. The van der Waals surface area contributed by atoms with Gasteiger partial charge in [-0.25, -0.2) is 0 Å². The van der Waals surface area contributed by atoms with Gasteiger partial charge in [-0.05, 0) is 106 Å². The number of nitrogens with one attached hydrogen (secondary N) is 3. The quantitative estimate of drug-likeness (QED) is 0.147. The number of amides is 11. The Bertz CT molecular complexity index is 2680. The Morgan fingerprint density at radius 3 is 1.37 bits per heavy atom. The standard InChI is InChI=1S/C69H117N11O12/c1-25-27-31-46(15)59(82)58-62(85)72-50(26-2)64(87)73(18)39-55(81)74(19)54(37-43(9)10)67(90)80(38-49-32-29-28-30-33-49)57(45(13)14)69(92)75(20)51(34-40(3)4)61(84)70-47(16)60(83)71-48(17)63(86)76(21)52(35-41(5)6)65(88)77(22)53(36-42(7)8)66(89)78(23)56(44(11)12)68(91)79(58)24/h25,27-30,32-33,40-48,50-54,56-59,82H,26,31,34-39H2,1-24H3,(H,70,84)(H,71,83)(H,72,85)/b27-25+/t46-,47+,48-,50?,51+,52+,53+,54+,56+,57+,58?,59+/m1/s1. The van der Waals surface area contributed by atoms with Crippen LogP contribution in [0.3, 0.4) is 0 Å². The number of aliphatic hydroxyl groups excluding tert-OH is 1. The second-order valence-electron chi connectivity index (χ2n) is 28.0. The molecule has 0 radical (unpaired) electrons. The summed E-state index contributed by atoms with van der Waals surface area (Å²) in [4.78, 5) is 174. The molecule has 1 aromatic carbocycles. The van der Waals surface area contributed by atoms with E-state index in [0.29, 0.717) is 12.0 Å². The van der Waals surface area contributed by atoms with Crippen molar-refractivity contribution in [2.45, 2.75) is 229 Å². The van der Waals surface area contributed by atoms with Gasteiger partial charge in [0.1, 0.15) is 60.4 Å². The van der Waals surface area contributed by atoms with E-state index in [-0.39, 0.29) is 62.3 Å². The van der Waals surface area contributed by atoms with Crippen LogP contribution in [0.5, 0.6) is 0 Å². The zero-order valence-electron chi connectivity index (χ0n) is 60.1. The maximum Gasteiger partial charge on any atom is 0.246 e. The molecule has 12 atom stereocenters. The molecule has 1 aliphatic rings. The van der Waals surface area contributed by atoms with E-state index in [0.717, 1.165) is 9.80 Å². The largest absolute Gasteiger partial charge is 0.390 e. The lowest BCUT2D eigenvalue weighted by atomic mass is 9.91. The van der Waals surface area contributed by atoms with Gasteiger partial charge in [-0.15, -0.1) is 0 Å². The number of carbonyl (C=O) groups excluding carboxylic acids is 11. The van der Waals surface area contributed by atoms with Gasteiger partial charge in [0, 0.05) is 55.9 Å². The first-order chi connectivity index (χ1) is 42.7. The van der Waals surface area contributed by atoms with E-state index in [1.54, 1.807) is 66.7 Å². The lowest BCUT2D eigenvalue weighted by Gasteiger charge is -2.41. The average Bonchev–Trinajstić information content (AvgIpc) is 0.816. The van der Waals surface area contributed by atoms with Gasteiger partial charge in [0.2, 0.25) is 65.0 Å².